The molecule has 4 nitrogen and oxygen atoms in total. The van der Waals surface area contributed by atoms with Crippen LogP contribution in [0.4, 0.5) is 23.7 Å². The Morgan fingerprint density at radius 1 is 1.09 bits per heavy atom. The summed E-state index contributed by atoms with van der Waals surface area (Å²) in [4.78, 5) is 14.7. The highest BCUT2D eigenvalue weighted by molar-refractivity contribution is 9.10. The largest absolute Gasteiger partial charge is 0.416 e. The molecule has 1 heterocycles. The van der Waals surface area contributed by atoms with Crippen molar-refractivity contribution < 1.29 is 18.0 Å². The lowest BCUT2D eigenvalue weighted by molar-refractivity contribution is -0.137. The molecule has 2 amide bonds. The number of amides is 2. The van der Waals surface area contributed by atoms with Crippen molar-refractivity contribution in [3.8, 4) is 0 Å². The van der Waals surface area contributed by atoms with Gasteiger partial charge in [0.25, 0.3) is 0 Å². The van der Waals surface area contributed by atoms with Crippen LogP contribution in [0.15, 0.2) is 71.3 Å². The fourth-order valence-corrected chi connectivity index (χ4v) is 3.75. The molecule has 0 aliphatic rings. The van der Waals surface area contributed by atoms with E-state index in [2.05, 4.69) is 28.2 Å². The fraction of sp³-hybridized carbons (Fsp3) is 0.292. The molecular weight excluding hydrogens is 483 g/mol. The first kappa shape index (κ1) is 23.9. The first-order chi connectivity index (χ1) is 15.3. The van der Waals surface area contributed by atoms with Gasteiger partial charge in [-0.15, -0.1) is 0 Å². The normalized spacial score (nSPS) is 11.4. The number of nitrogens with one attached hydrogen (secondary N) is 1. The molecule has 32 heavy (non-hydrogen) atoms. The van der Waals surface area contributed by atoms with Crippen molar-refractivity contribution >= 4 is 27.6 Å². The maximum Gasteiger partial charge on any atom is 0.416 e. The average Bonchev–Trinajstić information content (AvgIpc) is 3.17. The summed E-state index contributed by atoms with van der Waals surface area (Å²) >= 11 is 3.40. The number of aromatic nitrogens is 1. The number of halogens is 4. The zero-order chi connectivity index (χ0) is 23.1. The molecule has 1 aromatic heterocycles. The number of anilines is 1. The summed E-state index contributed by atoms with van der Waals surface area (Å²) in [5.41, 5.74) is 1.42. The second kappa shape index (κ2) is 10.7. The van der Waals surface area contributed by atoms with Gasteiger partial charge in [0.05, 0.1) is 12.1 Å². The van der Waals surface area contributed by atoms with Crippen LogP contribution in [0.2, 0.25) is 0 Å². The predicted molar refractivity (Wildman–Crippen MR) is 123 cm³/mol. The molecule has 0 spiro atoms. The number of hydrogen-bond donors (Lipinski definition) is 1. The molecule has 0 atom stereocenters. The minimum absolute atomic E-state index is 0.219. The first-order valence-corrected chi connectivity index (χ1v) is 11.2. The minimum Gasteiger partial charge on any atom is -0.345 e. The average molecular weight is 508 g/mol. The Kier molecular flexibility index (Phi) is 8.01. The number of nitrogens with zero attached hydrogens (tertiary/aromatic N) is 2. The van der Waals surface area contributed by atoms with E-state index in [1.807, 2.05) is 47.2 Å². The summed E-state index contributed by atoms with van der Waals surface area (Å²) in [6.07, 6.45) is -0.775. The fourth-order valence-electron chi connectivity index (χ4n) is 3.36. The molecule has 8 heteroatoms. The zero-order valence-electron chi connectivity index (χ0n) is 17.7. The highest BCUT2D eigenvalue weighted by atomic mass is 79.9. The molecule has 2 aromatic carbocycles. The maximum atomic E-state index is 13.0. The summed E-state index contributed by atoms with van der Waals surface area (Å²) in [5.74, 6) is 0. The molecule has 0 bridgehead atoms. The topological polar surface area (TPSA) is 37.3 Å². The van der Waals surface area contributed by atoms with Crippen LogP contribution in [0, 0.1) is 0 Å². The molecule has 0 aliphatic carbocycles. The highest BCUT2D eigenvalue weighted by Crippen LogP contribution is 2.29. The number of unbranched alkanes of at least 4 members (excludes halogenated alkanes) is 1. The summed E-state index contributed by atoms with van der Waals surface area (Å²) in [6.45, 7) is 3.28. The van der Waals surface area contributed by atoms with E-state index in [0.717, 1.165) is 29.1 Å². The molecule has 170 valence electrons. The predicted octanol–water partition coefficient (Wildman–Crippen LogP) is 7.15. The Bertz CT molecular complexity index is 1050. The van der Waals surface area contributed by atoms with Gasteiger partial charge in [0.2, 0.25) is 0 Å². The quantitative estimate of drug-likeness (QED) is 0.345. The third-order valence-electron chi connectivity index (χ3n) is 5.03. The molecule has 0 saturated heterocycles. The van der Waals surface area contributed by atoms with Gasteiger partial charge >= 0.3 is 12.2 Å². The summed E-state index contributed by atoms with van der Waals surface area (Å²) in [7, 11) is 0. The highest BCUT2D eigenvalue weighted by Gasteiger charge is 2.30. The molecule has 1 N–H and O–H groups in total. The van der Waals surface area contributed by atoms with Gasteiger partial charge in [0.1, 0.15) is 0 Å². The number of urea groups is 1. The van der Waals surface area contributed by atoms with Crippen molar-refractivity contribution in [3.63, 3.8) is 0 Å². The van der Waals surface area contributed by atoms with Crippen LogP contribution in [0.25, 0.3) is 0 Å². The smallest absolute Gasteiger partial charge is 0.345 e. The lowest BCUT2D eigenvalue weighted by Crippen LogP contribution is -2.36. The Balaban J connectivity index is 1.75. The van der Waals surface area contributed by atoms with Gasteiger partial charge in [-0.25, -0.2) is 4.79 Å². The van der Waals surface area contributed by atoms with Crippen molar-refractivity contribution in [1.29, 1.82) is 0 Å². The van der Waals surface area contributed by atoms with Crippen LogP contribution >= 0.6 is 15.9 Å². The van der Waals surface area contributed by atoms with E-state index in [1.54, 1.807) is 11.0 Å². The van der Waals surface area contributed by atoms with Crippen LogP contribution in [0.1, 0.15) is 36.6 Å². The van der Waals surface area contributed by atoms with Crippen molar-refractivity contribution in [3.05, 3.63) is 88.2 Å². The number of hydrogen-bond acceptors (Lipinski definition) is 1. The Hall–Kier alpha value is -2.74. The van der Waals surface area contributed by atoms with Gasteiger partial charge in [-0.2, -0.15) is 13.2 Å². The van der Waals surface area contributed by atoms with Crippen molar-refractivity contribution in [2.75, 3.05) is 11.9 Å². The second-order valence-corrected chi connectivity index (χ2v) is 8.46. The number of benzene rings is 2. The summed E-state index contributed by atoms with van der Waals surface area (Å²) < 4.78 is 41.9. The SMILES string of the molecule is CCCCN(Cc1cccn1Cc1cccc(C(F)(F)F)c1)C(=O)Nc1cccc(Br)c1. The van der Waals surface area contributed by atoms with E-state index in [1.165, 1.54) is 12.1 Å². The van der Waals surface area contributed by atoms with E-state index >= 15 is 0 Å². The minimum atomic E-state index is -4.38. The number of rotatable bonds is 8. The van der Waals surface area contributed by atoms with E-state index < -0.39 is 11.7 Å². The number of alkyl halides is 3. The van der Waals surface area contributed by atoms with Gasteiger partial charge in [-0.1, -0.05) is 47.5 Å². The Labute approximate surface area is 194 Å². The molecule has 0 unspecified atom stereocenters. The van der Waals surface area contributed by atoms with Crippen molar-refractivity contribution in [2.24, 2.45) is 0 Å². The van der Waals surface area contributed by atoms with Crippen LogP contribution in [-0.4, -0.2) is 22.0 Å². The van der Waals surface area contributed by atoms with Gasteiger partial charge in [0.15, 0.2) is 0 Å². The first-order valence-electron chi connectivity index (χ1n) is 10.4. The van der Waals surface area contributed by atoms with Crippen molar-refractivity contribution in [2.45, 2.75) is 39.0 Å². The standard InChI is InChI=1S/C24H25BrF3N3O/c1-2-3-12-31(23(32)29-21-10-5-9-20(25)15-21)17-22-11-6-13-30(22)16-18-7-4-8-19(14-18)24(26,27)28/h4-11,13-15H,2-3,12,16-17H2,1H3,(H,29,32). The van der Waals surface area contributed by atoms with E-state index in [0.29, 0.717) is 30.9 Å². The monoisotopic (exact) mass is 507 g/mol. The van der Waals surface area contributed by atoms with E-state index in [-0.39, 0.29) is 6.03 Å². The molecule has 0 saturated carbocycles. The lowest BCUT2D eigenvalue weighted by Gasteiger charge is -2.24. The lowest BCUT2D eigenvalue weighted by atomic mass is 10.1. The van der Waals surface area contributed by atoms with Gasteiger partial charge in [0, 0.05) is 35.1 Å². The molecular formula is C24H25BrF3N3O. The Morgan fingerprint density at radius 3 is 2.59 bits per heavy atom. The zero-order valence-corrected chi connectivity index (χ0v) is 19.3. The molecule has 0 radical (unpaired) electrons. The van der Waals surface area contributed by atoms with Crippen LogP contribution in [-0.2, 0) is 19.3 Å². The van der Waals surface area contributed by atoms with Crippen molar-refractivity contribution in [1.82, 2.24) is 9.47 Å². The maximum absolute atomic E-state index is 13.0. The molecule has 0 fully saturated rings. The second-order valence-electron chi connectivity index (χ2n) is 7.54. The van der Waals surface area contributed by atoms with Crippen LogP contribution in [0.5, 0.6) is 0 Å². The van der Waals surface area contributed by atoms with Crippen LogP contribution in [0.3, 0.4) is 0 Å². The summed E-state index contributed by atoms with van der Waals surface area (Å²) in [6, 6.07) is 16.2. The molecule has 0 aliphatic heterocycles. The third-order valence-corrected chi connectivity index (χ3v) is 5.52. The van der Waals surface area contributed by atoms with E-state index in [4.69, 9.17) is 0 Å². The summed E-state index contributed by atoms with van der Waals surface area (Å²) in [5, 5.41) is 2.92. The Morgan fingerprint density at radius 2 is 1.88 bits per heavy atom. The molecule has 3 aromatic rings. The molecule has 3 rings (SSSR count). The van der Waals surface area contributed by atoms with Crippen LogP contribution < -0.4 is 5.32 Å². The number of carbonyl (C=O) groups excluding carboxylic acids is 1. The van der Waals surface area contributed by atoms with Gasteiger partial charge in [-0.05, 0) is 54.4 Å². The van der Waals surface area contributed by atoms with E-state index in [9.17, 15) is 18.0 Å². The van der Waals surface area contributed by atoms with Gasteiger partial charge < -0.3 is 14.8 Å². The van der Waals surface area contributed by atoms with Gasteiger partial charge in [-0.3, -0.25) is 0 Å². The third kappa shape index (κ3) is 6.63. The number of carbonyl (C=O) groups is 1.